The first-order valence-electron chi connectivity index (χ1n) is 7.03. The van der Waals surface area contributed by atoms with Gasteiger partial charge >= 0.3 is 6.18 Å². The summed E-state index contributed by atoms with van der Waals surface area (Å²) in [5, 5.41) is 0. The Morgan fingerprint density at radius 3 is 2.25 bits per heavy atom. The summed E-state index contributed by atoms with van der Waals surface area (Å²) < 4.78 is 38.6. The van der Waals surface area contributed by atoms with Crippen LogP contribution in [-0.4, -0.2) is 30.7 Å². The molecule has 1 unspecified atom stereocenters. The third-order valence-corrected chi connectivity index (χ3v) is 4.12. The molecule has 0 bridgehead atoms. The highest BCUT2D eigenvalue weighted by molar-refractivity contribution is 5.14. The number of piperidine rings is 1. The summed E-state index contributed by atoms with van der Waals surface area (Å²) in [5.41, 5.74) is 6.52. The Bertz CT molecular complexity index is 397. The van der Waals surface area contributed by atoms with E-state index in [4.69, 9.17) is 5.73 Å². The minimum atomic E-state index is -4.17. The number of benzene rings is 1. The third kappa shape index (κ3) is 3.96. The Balaban J connectivity index is 1.86. The normalized spacial score (nSPS) is 20.0. The molecule has 0 amide bonds. The zero-order valence-electron chi connectivity index (χ0n) is 11.4. The lowest BCUT2D eigenvalue weighted by atomic mass is 9.83. The Kier molecular flexibility index (Phi) is 5.05. The second-order valence-corrected chi connectivity index (χ2v) is 5.48. The van der Waals surface area contributed by atoms with E-state index in [1.54, 1.807) is 0 Å². The number of hydrogen-bond acceptors (Lipinski definition) is 2. The zero-order valence-corrected chi connectivity index (χ0v) is 11.4. The highest BCUT2D eigenvalue weighted by Crippen LogP contribution is 2.36. The van der Waals surface area contributed by atoms with E-state index in [1.807, 2.05) is 30.3 Å². The Labute approximate surface area is 117 Å². The van der Waals surface area contributed by atoms with E-state index >= 15 is 0 Å². The molecule has 0 aliphatic carbocycles. The van der Waals surface area contributed by atoms with Crippen LogP contribution in [-0.2, 0) is 6.54 Å². The molecule has 1 fully saturated rings. The van der Waals surface area contributed by atoms with Crippen molar-refractivity contribution in [3.8, 4) is 0 Å². The highest BCUT2D eigenvalue weighted by atomic mass is 19.4. The van der Waals surface area contributed by atoms with Crippen LogP contribution in [0.25, 0.3) is 0 Å². The van der Waals surface area contributed by atoms with Gasteiger partial charge in [0.1, 0.15) is 0 Å². The first kappa shape index (κ1) is 15.3. The van der Waals surface area contributed by atoms with Crippen molar-refractivity contribution in [3.63, 3.8) is 0 Å². The Morgan fingerprint density at radius 1 is 1.15 bits per heavy atom. The van der Waals surface area contributed by atoms with Crippen molar-refractivity contribution in [1.82, 2.24) is 4.90 Å². The van der Waals surface area contributed by atoms with Crippen molar-refractivity contribution in [2.45, 2.75) is 25.6 Å². The van der Waals surface area contributed by atoms with E-state index in [2.05, 4.69) is 4.90 Å². The van der Waals surface area contributed by atoms with Crippen LogP contribution in [0.4, 0.5) is 13.2 Å². The fourth-order valence-corrected chi connectivity index (χ4v) is 2.95. The number of likely N-dealkylation sites (tertiary alicyclic amines) is 1. The molecular formula is C15H21F3N2. The molecular weight excluding hydrogens is 265 g/mol. The summed E-state index contributed by atoms with van der Waals surface area (Å²) in [6.07, 6.45) is -3.01. The quantitative estimate of drug-likeness (QED) is 0.922. The average Bonchev–Trinajstić information content (AvgIpc) is 2.41. The van der Waals surface area contributed by atoms with Crippen molar-refractivity contribution >= 4 is 0 Å². The smallest absolute Gasteiger partial charge is 0.330 e. The number of nitrogens with zero attached hydrogens (tertiary/aromatic N) is 1. The Morgan fingerprint density at radius 2 is 1.75 bits per heavy atom. The molecule has 5 heteroatoms. The molecule has 1 aliphatic heterocycles. The van der Waals surface area contributed by atoms with Crippen LogP contribution in [0.2, 0.25) is 0 Å². The molecule has 0 saturated carbocycles. The SMILES string of the molecule is NCC(C1CCN(Cc2ccccc2)CC1)C(F)(F)F. The third-order valence-electron chi connectivity index (χ3n) is 4.12. The van der Waals surface area contributed by atoms with Crippen molar-refractivity contribution < 1.29 is 13.2 Å². The van der Waals surface area contributed by atoms with Crippen LogP contribution in [0.1, 0.15) is 18.4 Å². The van der Waals surface area contributed by atoms with Gasteiger partial charge in [0.2, 0.25) is 0 Å². The second kappa shape index (κ2) is 6.59. The van der Waals surface area contributed by atoms with Crippen LogP contribution >= 0.6 is 0 Å². The van der Waals surface area contributed by atoms with E-state index < -0.39 is 12.1 Å². The van der Waals surface area contributed by atoms with Gasteiger partial charge in [-0.2, -0.15) is 13.2 Å². The van der Waals surface area contributed by atoms with E-state index in [0.717, 1.165) is 6.54 Å². The molecule has 1 aromatic carbocycles. The first-order valence-corrected chi connectivity index (χ1v) is 7.03. The van der Waals surface area contributed by atoms with Crippen molar-refractivity contribution in [2.24, 2.45) is 17.6 Å². The van der Waals surface area contributed by atoms with Gasteiger partial charge in [0, 0.05) is 13.1 Å². The second-order valence-electron chi connectivity index (χ2n) is 5.48. The molecule has 112 valence electrons. The van der Waals surface area contributed by atoms with Gasteiger partial charge in [-0.25, -0.2) is 0 Å². The highest BCUT2D eigenvalue weighted by Gasteiger charge is 2.44. The first-order chi connectivity index (χ1) is 9.50. The van der Waals surface area contributed by atoms with Gasteiger partial charge in [0.15, 0.2) is 0 Å². The number of rotatable bonds is 4. The lowest BCUT2D eigenvalue weighted by molar-refractivity contribution is -0.189. The van der Waals surface area contributed by atoms with Crippen LogP contribution in [0.15, 0.2) is 30.3 Å². The number of halogens is 3. The minimum Gasteiger partial charge on any atom is -0.330 e. The number of alkyl halides is 3. The number of nitrogens with two attached hydrogens (primary N) is 1. The predicted molar refractivity (Wildman–Crippen MR) is 73.0 cm³/mol. The van der Waals surface area contributed by atoms with Gasteiger partial charge in [-0.3, -0.25) is 4.90 Å². The molecule has 0 radical (unpaired) electrons. The summed E-state index contributed by atoms with van der Waals surface area (Å²) in [4.78, 5) is 2.22. The molecule has 0 spiro atoms. The summed E-state index contributed by atoms with van der Waals surface area (Å²) in [6.45, 7) is 1.94. The predicted octanol–water partition coefficient (Wildman–Crippen LogP) is 3.04. The van der Waals surface area contributed by atoms with Crippen LogP contribution in [0, 0.1) is 11.8 Å². The van der Waals surface area contributed by atoms with Gasteiger partial charge in [-0.1, -0.05) is 30.3 Å². The van der Waals surface area contributed by atoms with E-state index in [9.17, 15) is 13.2 Å². The summed E-state index contributed by atoms with van der Waals surface area (Å²) >= 11 is 0. The standard InChI is InChI=1S/C15H21F3N2/c16-15(17,18)14(10-19)13-6-8-20(9-7-13)11-12-4-2-1-3-5-12/h1-5,13-14H,6-11,19H2. The van der Waals surface area contributed by atoms with Crippen molar-refractivity contribution in [1.29, 1.82) is 0 Å². The number of hydrogen-bond donors (Lipinski definition) is 1. The van der Waals surface area contributed by atoms with E-state index in [-0.39, 0.29) is 12.5 Å². The topological polar surface area (TPSA) is 29.3 Å². The van der Waals surface area contributed by atoms with Gasteiger partial charge in [0.25, 0.3) is 0 Å². The summed E-state index contributed by atoms with van der Waals surface area (Å²) in [5.74, 6) is -1.67. The maximum Gasteiger partial charge on any atom is 0.393 e. The summed E-state index contributed by atoms with van der Waals surface area (Å²) in [7, 11) is 0. The van der Waals surface area contributed by atoms with Crippen LogP contribution in [0.3, 0.4) is 0 Å². The average molecular weight is 286 g/mol. The molecule has 1 saturated heterocycles. The molecule has 2 rings (SSSR count). The Hall–Kier alpha value is -1.07. The molecule has 2 nitrogen and oxygen atoms in total. The van der Waals surface area contributed by atoms with Gasteiger partial charge < -0.3 is 5.73 Å². The van der Waals surface area contributed by atoms with Gasteiger partial charge in [-0.15, -0.1) is 0 Å². The maximum absolute atomic E-state index is 12.9. The monoisotopic (exact) mass is 286 g/mol. The van der Waals surface area contributed by atoms with E-state index in [1.165, 1.54) is 5.56 Å². The molecule has 1 aromatic rings. The van der Waals surface area contributed by atoms with Gasteiger partial charge in [0.05, 0.1) is 5.92 Å². The summed E-state index contributed by atoms with van der Waals surface area (Å²) in [6, 6.07) is 10.0. The largest absolute Gasteiger partial charge is 0.393 e. The van der Waals surface area contributed by atoms with Gasteiger partial charge in [-0.05, 0) is 37.4 Å². The zero-order chi connectivity index (χ0) is 14.6. The van der Waals surface area contributed by atoms with Crippen molar-refractivity contribution in [3.05, 3.63) is 35.9 Å². The lowest BCUT2D eigenvalue weighted by Gasteiger charge is -2.36. The van der Waals surface area contributed by atoms with Crippen LogP contribution in [0.5, 0.6) is 0 Å². The molecule has 1 aliphatic rings. The fourth-order valence-electron chi connectivity index (χ4n) is 2.95. The van der Waals surface area contributed by atoms with Crippen molar-refractivity contribution in [2.75, 3.05) is 19.6 Å². The maximum atomic E-state index is 12.9. The van der Waals surface area contributed by atoms with E-state index in [0.29, 0.717) is 25.9 Å². The lowest BCUT2D eigenvalue weighted by Crippen LogP contribution is -2.42. The molecule has 1 atom stereocenters. The van der Waals surface area contributed by atoms with Crippen LogP contribution < -0.4 is 5.73 Å². The molecule has 20 heavy (non-hydrogen) atoms. The molecule has 0 aromatic heterocycles. The molecule has 1 heterocycles. The molecule has 2 N–H and O–H groups in total. The fraction of sp³-hybridized carbons (Fsp3) is 0.600. The minimum absolute atomic E-state index is 0.299.